The Morgan fingerprint density at radius 3 is 2.39 bits per heavy atom. The average Bonchev–Trinajstić information content (AvgIpc) is 2.43. The van der Waals surface area contributed by atoms with Gasteiger partial charge in [0.15, 0.2) is 0 Å². The van der Waals surface area contributed by atoms with Crippen molar-refractivity contribution in [3.8, 4) is 0 Å². The molecule has 1 aliphatic rings. The molecular formula is C17H28N4O2. The number of piperazine rings is 1. The molecule has 6 nitrogen and oxygen atoms in total. The van der Waals surface area contributed by atoms with Crippen LogP contribution in [0.15, 0.2) is 6.07 Å². The van der Waals surface area contributed by atoms with E-state index in [1.54, 1.807) is 0 Å². The average molecular weight is 320 g/mol. The van der Waals surface area contributed by atoms with Crippen molar-refractivity contribution >= 4 is 11.8 Å². The first kappa shape index (κ1) is 17.7. The highest BCUT2D eigenvalue weighted by Gasteiger charge is 2.21. The zero-order chi connectivity index (χ0) is 17.0. The first-order valence-corrected chi connectivity index (χ1v) is 8.24. The van der Waals surface area contributed by atoms with Crippen molar-refractivity contribution in [2.24, 2.45) is 0 Å². The Labute approximate surface area is 138 Å². The lowest BCUT2D eigenvalue weighted by Crippen LogP contribution is -2.47. The highest BCUT2D eigenvalue weighted by Crippen LogP contribution is 2.15. The first-order chi connectivity index (χ1) is 10.7. The van der Waals surface area contributed by atoms with Crippen LogP contribution in [0.1, 0.15) is 38.7 Å². The van der Waals surface area contributed by atoms with Crippen LogP contribution in [0.5, 0.6) is 0 Å². The number of hydrogen-bond donors (Lipinski definition) is 0. The Bertz CT molecular complexity index is 526. The van der Waals surface area contributed by atoms with E-state index in [1.165, 1.54) is 0 Å². The maximum atomic E-state index is 11.8. The van der Waals surface area contributed by atoms with Crippen LogP contribution in [0.4, 0.5) is 5.82 Å². The number of aromatic nitrogens is 2. The lowest BCUT2D eigenvalue weighted by Gasteiger charge is -2.35. The molecule has 0 aliphatic carbocycles. The van der Waals surface area contributed by atoms with Crippen LogP contribution in [0.2, 0.25) is 0 Å². The Hall–Kier alpha value is -1.69. The van der Waals surface area contributed by atoms with Crippen molar-refractivity contribution in [2.45, 2.75) is 46.6 Å². The van der Waals surface area contributed by atoms with Gasteiger partial charge in [0.05, 0.1) is 6.42 Å². The van der Waals surface area contributed by atoms with E-state index in [-0.39, 0.29) is 5.97 Å². The van der Waals surface area contributed by atoms with Crippen molar-refractivity contribution in [1.29, 1.82) is 0 Å². The van der Waals surface area contributed by atoms with Crippen LogP contribution < -0.4 is 4.90 Å². The van der Waals surface area contributed by atoms with Gasteiger partial charge in [-0.2, -0.15) is 0 Å². The number of carbonyl (C=O) groups is 1. The van der Waals surface area contributed by atoms with E-state index >= 15 is 0 Å². The number of carbonyl (C=O) groups excluding carboxylic acids is 1. The highest BCUT2D eigenvalue weighted by molar-refractivity contribution is 5.70. The minimum absolute atomic E-state index is 0.123. The summed E-state index contributed by atoms with van der Waals surface area (Å²) in [7, 11) is 0. The van der Waals surface area contributed by atoms with Crippen molar-refractivity contribution in [3.05, 3.63) is 17.6 Å². The number of ether oxygens (including phenoxy) is 1. The number of anilines is 1. The van der Waals surface area contributed by atoms with Crippen LogP contribution in [0.25, 0.3) is 0 Å². The summed E-state index contributed by atoms with van der Waals surface area (Å²) in [5.74, 6) is 1.69. The quantitative estimate of drug-likeness (QED) is 0.790. The smallest absolute Gasteiger partial charge is 0.307 e. The van der Waals surface area contributed by atoms with Crippen LogP contribution >= 0.6 is 0 Å². The summed E-state index contributed by atoms with van der Waals surface area (Å²) in [5.41, 5.74) is 0.596. The Morgan fingerprint density at radius 2 is 1.83 bits per heavy atom. The fraction of sp³-hybridized carbons (Fsp3) is 0.706. The lowest BCUT2D eigenvalue weighted by atomic mass is 10.2. The van der Waals surface area contributed by atoms with Gasteiger partial charge in [0.1, 0.15) is 17.2 Å². The molecule has 2 rings (SSSR count). The summed E-state index contributed by atoms with van der Waals surface area (Å²) in [4.78, 5) is 25.2. The molecule has 1 saturated heterocycles. The van der Waals surface area contributed by atoms with E-state index in [9.17, 15) is 4.79 Å². The standard InChI is InChI=1S/C17H28N4O2/c1-13-12-15(19-14(2)18-13)21-10-8-20(9-11-21)7-6-16(22)23-17(3,4)5/h12H,6-11H2,1-5H3. The van der Waals surface area contributed by atoms with Gasteiger partial charge >= 0.3 is 5.97 Å². The second kappa shape index (κ2) is 7.25. The predicted molar refractivity (Wildman–Crippen MR) is 90.6 cm³/mol. The van der Waals surface area contributed by atoms with Crippen molar-refractivity contribution in [3.63, 3.8) is 0 Å². The van der Waals surface area contributed by atoms with E-state index in [2.05, 4.69) is 19.8 Å². The van der Waals surface area contributed by atoms with Gasteiger partial charge in [-0.05, 0) is 34.6 Å². The van der Waals surface area contributed by atoms with E-state index in [0.717, 1.165) is 50.1 Å². The molecule has 6 heteroatoms. The number of esters is 1. The van der Waals surface area contributed by atoms with Gasteiger partial charge in [0.2, 0.25) is 0 Å². The third kappa shape index (κ3) is 5.78. The molecule has 1 aromatic heterocycles. The molecule has 0 N–H and O–H groups in total. The summed E-state index contributed by atoms with van der Waals surface area (Å²) in [6, 6.07) is 2.03. The second-order valence-electron chi connectivity index (χ2n) is 7.08. The fourth-order valence-corrected chi connectivity index (χ4v) is 2.70. The molecular weight excluding hydrogens is 292 g/mol. The molecule has 0 aromatic carbocycles. The van der Waals surface area contributed by atoms with E-state index in [1.807, 2.05) is 40.7 Å². The maximum Gasteiger partial charge on any atom is 0.307 e. The van der Waals surface area contributed by atoms with Crippen LogP contribution in [-0.4, -0.2) is 59.2 Å². The predicted octanol–water partition coefficient (Wildman–Crippen LogP) is 1.95. The van der Waals surface area contributed by atoms with E-state index < -0.39 is 5.60 Å². The van der Waals surface area contributed by atoms with Crippen LogP contribution in [0.3, 0.4) is 0 Å². The van der Waals surface area contributed by atoms with Gasteiger partial charge in [0.25, 0.3) is 0 Å². The molecule has 2 heterocycles. The maximum absolute atomic E-state index is 11.8. The third-order valence-corrected chi connectivity index (χ3v) is 3.70. The van der Waals surface area contributed by atoms with Crippen LogP contribution in [0, 0.1) is 13.8 Å². The summed E-state index contributed by atoms with van der Waals surface area (Å²) in [5, 5.41) is 0. The third-order valence-electron chi connectivity index (χ3n) is 3.70. The molecule has 23 heavy (non-hydrogen) atoms. The van der Waals surface area contributed by atoms with E-state index in [0.29, 0.717) is 6.42 Å². The van der Waals surface area contributed by atoms with Crippen molar-refractivity contribution in [1.82, 2.24) is 14.9 Å². The van der Waals surface area contributed by atoms with Crippen molar-refractivity contribution in [2.75, 3.05) is 37.6 Å². The Morgan fingerprint density at radius 1 is 1.17 bits per heavy atom. The lowest BCUT2D eigenvalue weighted by molar-refractivity contribution is -0.155. The molecule has 0 spiro atoms. The minimum Gasteiger partial charge on any atom is -0.460 e. The first-order valence-electron chi connectivity index (χ1n) is 8.24. The Kier molecular flexibility index (Phi) is 5.57. The fourth-order valence-electron chi connectivity index (χ4n) is 2.70. The number of rotatable bonds is 4. The molecule has 128 valence electrons. The highest BCUT2D eigenvalue weighted by atomic mass is 16.6. The summed E-state index contributed by atoms with van der Waals surface area (Å²) < 4.78 is 5.35. The largest absolute Gasteiger partial charge is 0.460 e. The summed E-state index contributed by atoms with van der Waals surface area (Å²) in [6.45, 7) is 14.1. The molecule has 1 fully saturated rings. The zero-order valence-corrected chi connectivity index (χ0v) is 14.9. The van der Waals surface area contributed by atoms with Gasteiger partial charge in [-0.15, -0.1) is 0 Å². The SMILES string of the molecule is Cc1cc(N2CCN(CCC(=O)OC(C)(C)C)CC2)nc(C)n1. The Balaban J connectivity index is 1.79. The molecule has 0 atom stereocenters. The number of hydrogen-bond acceptors (Lipinski definition) is 6. The molecule has 0 radical (unpaired) electrons. The molecule has 0 amide bonds. The van der Waals surface area contributed by atoms with Gasteiger partial charge < -0.3 is 9.64 Å². The molecule has 0 saturated carbocycles. The zero-order valence-electron chi connectivity index (χ0n) is 14.9. The summed E-state index contributed by atoms with van der Waals surface area (Å²) >= 11 is 0. The molecule has 1 aromatic rings. The monoisotopic (exact) mass is 320 g/mol. The minimum atomic E-state index is -0.404. The molecule has 0 bridgehead atoms. The van der Waals surface area contributed by atoms with Gasteiger partial charge in [-0.3, -0.25) is 9.69 Å². The molecule has 0 unspecified atom stereocenters. The van der Waals surface area contributed by atoms with Gasteiger partial charge in [-0.25, -0.2) is 9.97 Å². The number of nitrogens with zero attached hydrogens (tertiary/aromatic N) is 4. The second-order valence-corrected chi connectivity index (χ2v) is 7.08. The molecule has 1 aliphatic heterocycles. The summed E-state index contributed by atoms with van der Waals surface area (Å²) in [6.07, 6.45) is 0.447. The van der Waals surface area contributed by atoms with Crippen molar-refractivity contribution < 1.29 is 9.53 Å². The van der Waals surface area contributed by atoms with Gasteiger partial charge in [0, 0.05) is 44.5 Å². The number of aryl methyl sites for hydroxylation is 2. The van der Waals surface area contributed by atoms with Gasteiger partial charge in [-0.1, -0.05) is 0 Å². The van der Waals surface area contributed by atoms with E-state index in [4.69, 9.17) is 4.74 Å². The van der Waals surface area contributed by atoms with Crippen LogP contribution in [-0.2, 0) is 9.53 Å². The topological polar surface area (TPSA) is 58.6 Å². The normalized spacial score (nSPS) is 16.5.